The van der Waals surface area contributed by atoms with Crippen molar-refractivity contribution in [3.63, 3.8) is 0 Å². The van der Waals surface area contributed by atoms with Crippen molar-refractivity contribution in [1.29, 1.82) is 0 Å². The minimum absolute atomic E-state index is 0.127. The van der Waals surface area contributed by atoms with Gasteiger partial charge in [0.1, 0.15) is 11.6 Å². The molecule has 0 spiro atoms. The number of carboxylic acid groups (broad SMARTS) is 1. The van der Waals surface area contributed by atoms with Gasteiger partial charge in [0.2, 0.25) is 0 Å². The molecule has 0 bridgehead atoms. The zero-order valence-corrected chi connectivity index (χ0v) is 10.8. The number of anilines is 1. The second-order valence-electron chi connectivity index (χ2n) is 4.10. The third kappa shape index (κ3) is 4.68. The Morgan fingerprint density at radius 3 is 2.30 bits per heavy atom. The predicted molar refractivity (Wildman–Crippen MR) is 68.3 cm³/mol. The van der Waals surface area contributed by atoms with Gasteiger partial charge in [-0.1, -0.05) is 0 Å². The van der Waals surface area contributed by atoms with Gasteiger partial charge in [0.05, 0.1) is 6.10 Å². The van der Waals surface area contributed by atoms with Crippen molar-refractivity contribution in [2.75, 3.05) is 5.32 Å². The molecular formula is C13H13F2NO4. The van der Waals surface area contributed by atoms with E-state index >= 15 is 0 Å². The van der Waals surface area contributed by atoms with Gasteiger partial charge >= 0.3 is 12.1 Å². The number of ether oxygens (including phenoxy) is 1. The highest BCUT2D eigenvalue weighted by atomic mass is 19.1. The lowest BCUT2D eigenvalue weighted by atomic mass is 10.1. The van der Waals surface area contributed by atoms with E-state index in [0.29, 0.717) is 6.08 Å². The van der Waals surface area contributed by atoms with Crippen molar-refractivity contribution in [1.82, 2.24) is 0 Å². The molecule has 20 heavy (non-hydrogen) atoms. The lowest BCUT2D eigenvalue weighted by molar-refractivity contribution is -0.131. The number of halogens is 2. The second-order valence-corrected chi connectivity index (χ2v) is 4.10. The van der Waals surface area contributed by atoms with Crippen LogP contribution in [0.15, 0.2) is 18.2 Å². The first-order valence-corrected chi connectivity index (χ1v) is 5.67. The normalized spacial score (nSPS) is 10.8. The first-order chi connectivity index (χ1) is 9.29. The number of hydrogen-bond acceptors (Lipinski definition) is 3. The summed E-state index contributed by atoms with van der Waals surface area (Å²) >= 11 is 0. The Morgan fingerprint density at radius 1 is 1.30 bits per heavy atom. The summed E-state index contributed by atoms with van der Waals surface area (Å²) in [5.41, 5.74) is -0.631. The maximum absolute atomic E-state index is 13.6. The van der Waals surface area contributed by atoms with E-state index in [2.05, 4.69) is 5.32 Å². The number of amides is 1. The van der Waals surface area contributed by atoms with Crippen molar-refractivity contribution >= 4 is 23.8 Å². The Morgan fingerprint density at radius 2 is 1.85 bits per heavy atom. The average Bonchev–Trinajstić information content (AvgIpc) is 2.25. The van der Waals surface area contributed by atoms with Gasteiger partial charge in [-0.2, -0.15) is 0 Å². The summed E-state index contributed by atoms with van der Waals surface area (Å²) in [6.45, 7) is 3.25. The van der Waals surface area contributed by atoms with Crippen LogP contribution in [0, 0.1) is 11.6 Å². The highest BCUT2D eigenvalue weighted by Crippen LogP contribution is 2.20. The Kier molecular flexibility index (Phi) is 5.19. The van der Waals surface area contributed by atoms with Crippen LogP contribution < -0.4 is 5.32 Å². The van der Waals surface area contributed by atoms with Crippen LogP contribution in [-0.2, 0) is 9.53 Å². The van der Waals surface area contributed by atoms with Gasteiger partial charge in [0, 0.05) is 17.3 Å². The Bertz CT molecular complexity index is 532. The van der Waals surface area contributed by atoms with Crippen molar-refractivity contribution in [2.24, 2.45) is 0 Å². The van der Waals surface area contributed by atoms with E-state index in [9.17, 15) is 18.4 Å². The molecule has 1 aromatic rings. The summed E-state index contributed by atoms with van der Waals surface area (Å²) in [4.78, 5) is 21.6. The average molecular weight is 285 g/mol. The van der Waals surface area contributed by atoms with Gasteiger partial charge < -0.3 is 9.84 Å². The maximum Gasteiger partial charge on any atom is 0.411 e. The minimum atomic E-state index is -1.33. The molecule has 0 aromatic heterocycles. The minimum Gasteiger partial charge on any atom is -0.478 e. The van der Waals surface area contributed by atoms with E-state index in [1.54, 1.807) is 13.8 Å². The Balaban J connectivity index is 2.93. The van der Waals surface area contributed by atoms with Crippen LogP contribution >= 0.6 is 0 Å². The number of hydrogen-bond donors (Lipinski definition) is 2. The number of carbonyl (C=O) groups is 2. The zero-order valence-electron chi connectivity index (χ0n) is 10.8. The fraction of sp³-hybridized carbons (Fsp3) is 0.231. The zero-order chi connectivity index (χ0) is 15.3. The highest BCUT2D eigenvalue weighted by molar-refractivity contribution is 5.86. The molecule has 1 aromatic carbocycles. The topological polar surface area (TPSA) is 75.6 Å². The molecular weight excluding hydrogens is 272 g/mol. The Labute approximate surface area is 113 Å². The second kappa shape index (κ2) is 6.65. The van der Waals surface area contributed by atoms with Crippen LogP contribution in [0.3, 0.4) is 0 Å². The van der Waals surface area contributed by atoms with Gasteiger partial charge in [-0.25, -0.2) is 18.4 Å². The molecule has 5 nitrogen and oxygen atoms in total. The summed E-state index contributed by atoms with van der Waals surface area (Å²) in [6, 6.07) is 1.73. The fourth-order valence-electron chi connectivity index (χ4n) is 1.33. The molecule has 0 fully saturated rings. The van der Waals surface area contributed by atoms with E-state index in [0.717, 1.165) is 18.2 Å². The van der Waals surface area contributed by atoms with E-state index in [4.69, 9.17) is 9.84 Å². The molecule has 1 rings (SSSR count). The van der Waals surface area contributed by atoms with E-state index in [1.165, 1.54) is 0 Å². The highest BCUT2D eigenvalue weighted by Gasteiger charge is 2.12. The third-order valence-electron chi connectivity index (χ3n) is 2.06. The third-order valence-corrected chi connectivity index (χ3v) is 2.06. The SMILES string of the molecule is CC(C)OC(=O)Nc1cc(F)c(C=CC(=O)O)c(F)c1. The van der Waals surface area contributed by atoms with Gasteiger partial charge in [0.15, 0.2) is 0 Å². The molecule has 0 unspecified atom stereocenters. The molecule has 7 heteroatoms. The molecule has 2 N–H and O–H groups in total. The molecule has 0 heterocycles. The molecule has 0 saturated carbocycles. The quantitative estimate of drug-likeness (QED) is 0.834. The van der Waals surface area contributed by atoms with Crippen molar-refractivity contribution < 1.29 is 28.2 Å². The van der Waals surface area contributed by atoms with E-state index < -0.39 is 29.3 Å². The fourth-order valence-corrected chi connectivity index (χ4v) is 1.33. The standard InChI is InChI=1S/C13H13F2NO4/c1-7(2)20-13(19)16-8-5-10(14)9(11(15)6-8)3-4-12(17)18/h3-7H,1-2H3,(H,16,19)(H,17,18). The number of aliphatic carboxylic acids is 1. The van der Waals surface area contributed by atoms with Crippen LogP contribution in [0.2, 0.25) is 0 Å². The first kappa shape index (κ1) is 15.6. The van der Waals surface area contributed by atoms with Crippen LogP contribution in [0.25, 0.3) is 6.08 Å². The number of nitrogens with one attached hydrogen (secondary N) is 1. The number of rotatable bonds is 4. The smallest absolute Gasteiger partial charge is 0.411 e. The van der Waals surface area contributed by atoms with Gasteiger partial charge in [-0.3, -0.25) is 5.32 Å². The van der Waals surface area contributed by atoms with Crippen LogP contribution in [-0.4, -0.2) is 23.3 Å². The number of carboxylic acids is 1. The van der Waals surface area contributed by atoms with E-state index in [1.807, 2.05) is 0 Å². The van der Waals surface area contributed by atoms with Crippen LogP contribution in [0.5, 0.6) is 0 Å². The largest absolute Gasteiger partial charge is 0.478 e. The van der Waals surface area contributed by atoms with Crippen molar-refractivity contribution in [3.8, 4) is 0 Å². The summed E-state index contributed by atoms with van der Waals surface area (Å²) in [5.74, 6) is -3.32. The van der Waals surface area contributed by atoms with Gasteiger partial charge in [-0.15, -0.1) is 0 Å². The maximum atomic E-state index is 13.6. The lowest BCUT2D eigenvalue weighted by Crippen LogP contribution is -2.18. The molecule has 108 valence electrons. The molecule has 1 amide bonds. The van der Waals surface area contributed by atoms with Gasteiger partial charge in [0.25, 0.3) is 0 Å². The summed E-state index contributed by atoms with van der Waals surface area (Å²) < 4.78 is 32.0. The summed E-state index contributed by atoms with van der Waals surface area (Å²) in [7, 11) is 0. The number of carbonyl (C=O) groups excluding carboxylic acids is 1. The van der Waals surface area contributed by atoms with Crippen LogP contribution in [0.1, 0.15) is 19.4 Å². The monoisotopic (exact) mass is 285 g/mol. The molecule has 0 aliphatic carbocycles. The van der Waals surface area contributed by atoms with Crippen molar-refractivity contribution in [3.05, 3.63) is 35.4 Å². The molecule has 0 saturated heterocycles. The number of benzene rings is 1. The van der Waals surface area contributed by atoms with Crippen molar-refractivity contribution in [2.45, 2.75) is 20.0 Å². The first-order valence-electron chi connectivity index (χ1n) is 5.67. The van der Waals surface area contributed by atoms with Crippen LogP contribution in [0.4, 0.5) is 19.3 Å². The molecule has 0 radical (unpaired) electrons. The molecule has 0 aliphatic heterocycles. The molecule has 0 aliphatic rings. The lowest BCUT2D eigenvalue weighted by Gasteiger charge is -2.10. The van der Waals surface area contributed by atoms with E-state index in [-0.39, 0.29) is 11.8 Å². The van der Waals surface area contributed by atoms with Gasteiger partial charge in [-0.05, 0) is 32.1 Å². The summed E-state index contributed by atoms with van der Waals surface area (Å²) in [6.07, 6.45) is 0.195. The Hall–Kier alpha value is -2.44. The summed E-state index contributed by atoms with van der Waals surface area (Å²) in [5, 5.41) is 10.6. The predicted octanol–water partition coefficient (Wildman–Crippen LogP) is 3.02. The molecule has 0 atom stereocenters.